The third-order valence-corrected chi connectivity index (χ3v) is 4.69. The molecule has 0 unspecified atom stereocenters. The highest BCUT2D eigenvalue weighted by atomic mass is 16.3. The van der Waals surface area contributed by atoms with Crippen molar-refractivity contribution in [2.24, 2.45) is 0 Å². The number of nitrogens with one attached hydrogen (secondary N) is 1. The van der Waals surface area contributed by atoms with Gasteiger partial charge in [-0.2, -0.15) is 0 Å². The van der Waals surface area contributed by atoms with Crippen LogP contribution in [0.2, 0.25) is 0 Å². The molecule has 0 spiro atoms. The minimum Gasteiger partial charge on any atom is -0.441 e. The fourth-order valence-corrected chi connectivity index (χ4v) is 3.35. The van der Waals surface area contributed by atoms with E-state index in [9.17, 15) is 14.4 Å². The summed E-state index contributed by atoms with van der Waals surface area (Å²) in [7, 11) is 0. The Hall–Kier alpha value is -3.48. The molecule has 0 atom stereocenters. The van der Waals surface area contributed by atoms with Gasteiger partial charge >= 0.3 is 0 Å². The topological polar surface area (TPSA) is 92.5 Å². The highest BCUT2D eigenvalue weighted by molar-refractivity contribution is 6.21. The van der Waals surface area contributed by atoms with E-state index < -0.39 is 0 Å². The van der Waals surface area contributed by atoms with Gasteiger partial charge < -0.3 is 9.73 Å². The number of rotatable bonds is 5. The molecule has 0 fully saturated rings. The molecule has 3 aromatic rings. The maximum atomic E-state index is 12.4. The minimum absolute atomic E-state index is 0.188. The number of oxazole rings is 1. The molecule has 0 aliphatic carbocycles. The molecule has 0 saturated carbocycles. The second kappa shape index (κ2) is 6.92. The Morgan fingerprint density at radius 3 is 2.68 bits per heavy atom. The molecular formula is C21H19N3O4. The van der Waals surface area contributed by atoms with E-state index in [0.717, 1.165) is 5.56 Å². The maximum absolute atomic E-state index is 12.4. The van der Waals surface area contributed by atoms with Gasteiger partial charge in [-0.3, -0.25) is 19.3 Å². The number of carbonyl (C=O) groups excluding carboxylic acids is 3. The number of amides is 3. The van der Waals surface area contributed by atoms with Crippen LogP contribution in [0.1, 0.15) is 45.0 Å². The normalized spacial score (nSPS) is 13.3. The van der Waals surface area contributed by atoms with Crippen LogP contribution in [-0.2, 0) is 4.79 Å². The van der Waals surface area contributed by atoms with Crippen LogP contribution in [0.3, 0.4) is 0 Å². The highest BCUT2D eigenvalue weighted by Gasteiger charge is 2.34. The lowest BCUT2D eigenvalue weighted by atomic mass is 10.1. The molecule has 1 aromatic heterocycles. The van der Waals surface area contributed by atoms with E-state index in [1.54, 1.807) is 37.3 Å². The van der Waals surface area contributed by atoms with E-state index in [-0.39, 0.29) is 30.7 Å². The Bertz CT molecular complexity index is 1120. The van der Waals surface area contributed by atoms with E-state index in [2.05, 4.69) is 10.3 Å². The van der Waals surface area contributed by atoms with Gasteiger partial charge in [-0.15, -0.1) is 0 Å². The molecule has 4 rings (SSSR count). The number of hydrogen-bond donors (Lipinski definition) is 1. The Balaban J connectivity index is 1.34. The molecule has 1 N–H and O–H groups in total. The first-order valence-corrected chi connectivity index (χ1v) is 9.06. The van der Waals surface area contributed by atoms with E-state index in [4.69, 9.17) is 4.42 Å². The quantitative estimate of drug-likeness (QED) is 0.688. The van der Waals surface area contributed by atoms with Crippen molar-refractivity contribution in [3.05, 3.63) is 59.0 Å². The summed E-state index contributed by atoms with van der Waals surface area (Å²) in [6.07, 6.45) is 0.587. The van der Waals surface area contributed by atoms with Crippen molar-refractivity contribution < 1.29 is 18.8 Å². The Labute approximate surface area is 161 Å². The SMILES string of the molecule is Cc1ccc2c(c1)C(=O)N(CCCC(=O)Nc1ccc3oc(C)nc3c1)C2=O. The summed E-state index contributed by atoms with van der Waals surface area (Å²) in [5.74, 6) is -0.218. The second-order valence-corrected chi connectivity index (χ2v) is 6.88. The van der Waals surface area contributed by atoms with Crippen molar-refractivity contribution in [1.29, 1.82) is 0 Å². The molecule has 0 radical (unpaired) electrons. The zero-order valence-corrected chi connectivity index (χ0v) is 15.6. The lowest BCUT2D eigenvalue weighted by Gasteiger charge is -2.13. The predicted molar refractivity (Wildman–Crippen MR) is 103 cm³/mol. The third kappa shape index (κ3) is 3.26. The van der Waals surface area contributed by atoms with Crippen molar-refractivity contribution in [2.45, 2.75) is 26.7 Å². The van der Waals surface area contributed by atoms with Crippen LogP contribution in [0.4, 0.5) is 5.69 Å². The van der Waals surface area contributed by atoms with Gasteiger partial charge in [-0.05, 0) is 43.7 Å². The van der Waals surface area contributed by atoms with E-state index in [1.807, 2.05) is 13.0 Å². The number of imide groups is 1. The maximum Gasteiger partial charge on any atom is 0.261 e. The fourth-order valence-electron chi connectivity index (χ4n) is 3.35. The number of aromatic nitrogens is 1. The summed E-state index contributed by atoms with van der Waals surface area (Å²) in [5, 5.41) is 2.81. The average molecular weight is 377 g/mol. The number of nitrogens with zero attached hydrogens (tertiary/aromatic N) is 2. The van der Waals surface area contributed by atoms with E-state index >= 15 is 0 Å². The van der Waals surface area contributed by atoms with Gasteiger partial charge in [-0.1, -0.05) is 11.6 Å². The summed E-state index contributed by atoms with van der Waals surface area (Å²) in [4.78, 5) is 42.5. The Morgan fingerprint density at radius 1 is 1.07 bits per heavy atom. The number of fused-ring (bicyclic) bond motifs is 2. The molecule has 28 heavy (non-hydrogen) atoms. The van der Waals surface area contributed by atoms with Crippen LogP contribution in [0.15, 0.2) is 40.8 Å². The lowest BCUT2D eigenvalue weighted by molar-refractivity contribution is -0.116. The second-order valence-electron chi connectivity index (χ2n) is 6.88. The van der Waals surface area contributed by atoms with Crippen LogP contribution >= 0.6 is 0 Å². The molecule has 142 valence electrons. The first-order valence-electron chi connectivity index (χ1n) is 9.06. The third-order valence-electron chi connectivity index (χ3n) is 4.69. The molecule has 1 aliphatic heterocycles. The molecule has 0 bridgehead atoms. The van der Waals surface area contributed by atoms with Crippen molar-refractivity contribution in [3.8, 4) is 0 Å². The van der Waals surface area contributed by atoms with Crippen LogP contribution in [-0.4, -0.2) is 34.2 Å². The molecule has 3 amide bonds. The van der Waals surface area contributed by atoms with Crippen molar-refractivity contribution >= 4 is 34.5 Å². The molecular weight excluding hydrogens is 358 g/mol. The summed E-state index contributed by atoms with van der Waals surface area (Å²) in [5.41, 5.74) is 3.76. The average Bonchev–Trinajstić information content (AvgIpc) is 3.13. The Kier molecular flexibility index (Phi) is 4.43. The highest BCUT2D eigenvalue weighted by Crippen LogP contribution is 2.24. The molecule has 0 saturated heterocycles. The monoisotopic (exact) mass is 377 g/mol. The Morgan fingerprint density at radius 2 is 1.86 bits per heavy atom. The molecule has 2 heterocycles. The van der Waals surface area contributed by atoms with E-state index in [1.165, 1.54) is 4.90 Å². The van der Waals surface area contributed by atoms with Gasteiger partial charge in [0.05, 0.1) is 11.1 Å². The zero-order valence-electron chi connectivity index (χ0n) is 15.6. The number of benzene rings is 2. The number of anilines is 1. The van der Waals surface area contributed by atoms with Gasteiger partial charge in [0.15, 0.2) is 11.5 Å². The molecule has 1 aliphatic rings. The number of carbonyl (C=O) groups is 3. The van der Waals surface area contributed by atoms with E-state index in [0.29, 0.717) is 40.2 Å². The minimum atomic E-state index is -0.299. The van der Waals surface area contributed by atoms with Gasteiger partial charge in [0.1, 0.15) is 5.52 Å². The lowest BCUT2D eigenvalue weighted by Crippen LogP contribution is -2.31. The fraction of sp³-hybridized carbons (Fsp3) is 0.238. The summed E-state index contributed by atoms with van der Waals surface area (Å²) >= 11 is 0. The summed E-state index contributed by atoms with van der Waals surface area (Å²) in [6.45, 7) is 3.85. The standard InChI is InChI=1S/C21H19N3O4/c1-12-5-7-15-16(10-12)21(27)24(20(15)26)9-3-4-19(25)23-14-6-8-18-17(11-14)22-13(2)28-18/h5-8,10-11H,3-4,9H2,1-2H3,(H,23,25). The smallest absolute Gasteiger partial charge is 0.261 e. The zero-order chi connectivity index (χ0) is 19.8. The number of aryl methyl sites for hydroxylation is 2. The van der Waals surface area contributed by atoms with Gasteiger partial charge in [-0.25, -0.2) is 4.98 Å². The van der Waals surface area contributed by atoms with Crippen molar-refractivity contribution in [2.75, 3.05) is 11.9 Å². The molecule has 7 heteroatoms. The molecule has 2 aromatic carbocycles. The summed E-state index contributed by atoms with van der Waals surface area (Å²) < 4.78 is 5.41. The van der Waals surface area contributed by atoms with Crippen LogP contribution in [0.25, 0.3) is 11.1 Å². The molecule has 7 nitrogen and oxygen atoms in total. The predicted octanol–water partition coefficient (Wildman–Crippen LogP) is 3.46. The van der Waals surface area contributed by atoms with Crippen LogP contribution in [0.5, 0.6) is 0 Å². The van der Waals surface area contributed by atoms with Gasteiger partial charge in [0.2, 0.25) is 5.91 Å². The summed E-state index contributed by atoms with van der Waals surface area (Å²) in [6, 6.07) is 10.5. The largest absolute Gasteiger partial charge is 0.441 e. The number of hydrogen-bond acceptors (Lipinski definition) is 5. The van der Waals surface area contributed by atoms with Crippen molar-refractivity contribution in [1.82, 2.24) is 9.88 Å². The van der Waals surface area contributed by atoms with Gasteiger partial charge in [0.25, 0.3) is 11.8 Å². The van der Waals surface area contributed by atoms with Crippen molar-refractivity contribution in [3.63, 3.8) is 0 Å². The first kappa shape index (κ1) is 17.9. The van der Waals surface area contributed by atoms with Crippen LogP contribution < -0.4 is 5.32 Å². The first-order chi connectivity index (χ1) is 13.4. The van der Waals surface area contributed by atoms with Gasteiger partial charge in [0, 0.05) is 25.6 Å². The van der Waals surface area contributed by atoms with Crippen LogP contribution in [0, 0.1) is 13.8 Å².